The molecule has 0 spiro atoms. The summed E-state index contributed by atoms with van der Waals surface area (Å²) in [5.41, 5.74) is 8.04. The van der Waals surface area contributed by atoms with Crippen molar-refractivity contribution in [3.63, 3.8) is 0 Å². The molecule has 206 valence electrons. The highest BCUT2D eigenvalue weighted by Gasteiger charge is 2.21. The Kier molecular flexibility index (Phi) is 8.04. The molecule has 2 aromatic heterocycles. The number of nitrogens with one attached hydrogen (secondary N) is 1. The molecule has 2 aromatic carbocycles. The maximum absolute atomic E-state index is 10.6. The van der Waals surface area contributed by atoms with Crippen molar-refractivity contribution in [3.05, 3.63) is 76.6 Å². The van der Waals surface area contributed by atoms with Crippen LogP contribution in [0.15, 0.2) is 48.5 Å². The van der Waals surface area contributed by atoms with Gasteiger partial charge in [0.2, 0.25) is 5.95 Å². The van der Waals surface area contributed by atoms with Gasteiger partial charge in [0.1, 0.15) is 11.4 Å². The van der Waals surface area contributed by atoms with Crippen molar-refractivity contribution in [1.29, 1.82) is 0 Å². The lowest BCUT2D eigenvalue weighted by Crippen LogP contribution is -2.37. The first-order valence-corrected chi connectivity index (χ1v) is 13.8. The third kappa shape index (κ3) is 6.34. The fourth-order valence-electron chi connectivity index (χ4n) is 5.52. The van der Waals surface area contributed by atoms with Crippen molar-refractivity contribution in [2.24, 2.45) is 0 Å². The van der Waals surface area contributed by atoms with E-state index in [-0.39, 0.29) is 12.4 Å². The molecule has 39 heavy (non-hydrogen) atoms. The lowest BCUT2D eigenvalue weighted by Gasteiger charge is -2.30. The van der Waals surface area contributed by atoms with Crippen LogP contribution in [-0.4, -0.2) is 69.0 Å². The number of benzene rings is 2. The molecule has 1 aliphatic rings. The van der Waals surface area contributed by atoms with Crippen LogP contribution in [-0.2, 0) is 13.1 Å². The summed E-state index contributed by atoms with van der Waals surface area (Å²) in [6.07, 6.45) is 2.12. The van der Waals surface area contributed by atoms with E-state index in [1.54, 1.807) is 6.07 Å². The maximum Gasteiger partial charge on any atom is 0.204 e. The van der Waals surface area contributed by atoms with Gasteiger partial charge in [-0.2, -0.15) is 0 Å². The number of rotatable bonds is 9. The Morgan fingerprint density at radius 2 is 1.72 bits per heavy atom. The molecule has 0 saturated carbocycles. The van der Waals surface area contributed by atoms with Crippen molar-refractivity contribution in [1.82, 2.24) is 19.4 Å². The molecule has 1 aliphatic heterocycles. The van der Waals surface area contributed by atoms with Crippen molar-refractivity contribution in [2.75, 3.05) is 43.5 Å². The van der Waals surface area contributed by atoms with E-state index in [0.717, 1.165) is 59.9 Å². The lowest BCUT2D eigenvalue weighted by molar-refractivity contribution is 0.263. The van der Waals surface area contributed by atoms with Crippen molar-refractivity contribution in [3.8, 4) is 5.75 Å². The second kappa shape index (κ2) is 11.6. The van der Waals surface area contributed by atoms with E-state index in [9.17, 15) is 10.2 Å². The maximum atomic E-state index is 10.6. The minimum Gasteiger partial charge on any atom is -0.506 e. The number of imidazole rings is 1. The number of likely N-dealkylation sites (tertiary alicyclic amines) is 1. The number of hydrogen-bond acceptors (Lipinski definition) is 7. The molecule has 0 amide bonds. The van der Waals surface area contributed by atoms with Crippen LogP contribution in [0.3, 0.4) is 0 Å². The fraction of sp³-hybridized carbons (Fsp3) is 0.419. The standard InChI is InChI=1S/C31H40N6O2/c1-21-15-22(2)17-26(16-21)36(13-14-38)19-24-6-7-27-29(18-24)37(20-28-30(39)8-5-23(3)32-28)31(34-27)33-25-9-11-35(4)12-10-25/h5-8,15-18,25,38-39H,9-14,19-20H2,1-4H3,(H,33,34). The average Bonchev–Trinajstić information content (AvgIpc) is 3.22. The Bertz CT molecular complexity index is 1420. The normalized spacial score (nSPS) is 14.7. The largest absolute Gasteiger partial charge is 0.506 e. The Hall–Kier alpha value is -3.62. The summed E-state index contributed by atoms with van der Waals surface area (Å²) in [4.78, 5) is 14.2. The summed E-state index contributed by atoms with van der Waals surface area (Å²) in [7, 11) is 2.16. The number of pyridine rings is 1. The van der Waals surface area contributed by atoms with Crippen LogP contribution in [0, 0.1) is 20.8 Å². The number of fused-ring (bicyclic) bond motifs is 1. The van der Waals surface area contributed by atoms with Gasteiger partial charge in [0.05, 0.1) is 24.2 Å². The first-order chi connectivity index (χ1) is 18.8. The molecule has 8 nitrogen and oxygen atoms in total. The van der Waals surface area contributed by atoms with Crippen LogP contribution in [0.2, 0.25) is 0 Å². The molecule has 4 aromatic rings. The van der Waals surface area contributed by atoms with E-state index in [1.165, 1.54) is 11.1 Å². The fourth-order valence-corrected chi connectivity index (χ4v) is 5.52. The highest BCUT2D eigenvalue weighted by Crippen LogP contribution is 2.28. The molecular formula is C31H40N6O2. The smallest absolute Gasteiger partial charge is 0.204 e. The summed E-state index contributed by atoms with van der Waals surface area (Å²) < 4.78 is 2.14. The predicted octanol–water partition coefficient (Wildman–Crippen LogP) is 4.62. The molecule has 3 heterocycles. The van der Waals surface area contributed by atoms with Crippen LogP contribution in [0.25, 0.3) is 11.0 Å². The minimum atomic E-state index is 0.0795. The van der Waals surface area contributed by atoms with E-state index < -0.39 is 0 Å². The first-order valence-electron chi connectivity index (χ1n) is 13.8. The molecule has 3 N–H and O–H groups in total. The Labute approximate surface area is 230 Å². The second-order valence-electron chi connectivity index (χ2n) is 11.0. The molecule has 0 atom stereocenters. The monoisotopic (exact) mass is 528 g/mol. The van der Waals surface area contributed by atoms with E-state index in [2.05, 4.69) is 82.0 Å². The average molecular weight is 529 g/mol. The zero-order chi connectivity index (χ0) is 27.5. The number of nitrogens with zero attached hydrogens (tertiary/aromatic N) is 5. The summed E-state index contributed by atoms with van der Waals surface area (Å²) >= 11 is 0. The number of aliphatic hydroxyl groups excluding tert-OH is 1. The number of anilines is 2. The van der Waals surface area contributed by atoms with Gasteiger partial charge in [-0.25, -0.2) is 4.98 Å². The van der Waals surface area contributed by atoms with Gasteiger partial charge in [0.15, 0.2) is 0 Å². The third-order valence-corrected chi connectivity index (χ3v) is 7.58. The van der Waals surface area contributed by atoms with E-state index in [1.807, 2.05) is 13.0 Å². The molecule has 0 bridgehead atoms. The molecule has 1 fully saturated rings. The third-order valence-electron chi connectivity index (χ3n) is 7.58. The van der Waals surface area contributed by atoms with E-state index >= 15 is 0 Å². The van der Waals surface area contributed by atoms with Gasteiger partial charge in [-0.1, -0.05) is 12.1 Å². The lowest BCUT2D eigenvalue weighted by atomic mass is 10.1. The zero-order valence-corrected chi connectivity index (χ0v) is 23.5. The minimum absolute atomic E-state index is 0.0795. The number of aromatic nitrogens is 3. The number of piperidine rings is 1. The summed E-state index contributed by atoms with van der Waals surface area (Å²) in [6, 6.07) is 16.8. The van der Waals surface area contributed by atoms with Gasteiger partial charge in [0.25, 0.3) is 0 Å². The number of aromatic hydroxyl groups is 1. The quantitative estimate of drug-likeness (QED) is 0.292. The zero-order valence-electron chi connectivity index (χ0n) is 23.5. The molecule has 5 rings (SSSR count). The van der Waals surface area contributed by atoms with Crippen molar-refractivity contribution < 1.29 is 10.2 Å². The number of aryl methyl sites for hydroxylation is 3. The highest BCUT2D eigenvalue weighted by molar-refractivity contribution is 5.80. The van der Waals surface area contributed by atoms with Gasteiger partial charge in [0, 0.05) is 30.5 Å². The van der Waals surface area contributed by atoms with Crippen LogP contribution >= 0.6 is 0 Å². The van der Waals surface area contributed by atoms with Crippen LogP contribution in [0.4, 0.5) is 11.6 Å². The summed E-state index contributed by atoms with van der Waals surface area (Å²) in [5.74, 6) is 0.994. The van der Waals surface area contributed by atoms with Crippen LogP contribution in [0.5, 0.6) is 5.75 Å². The van der Waals surface area contributed by atoms with Gasteiger partial charge >= 0.3 is 0 Å². The molecule has 0 unspecified atom stereocenters. The van der Waals surface area contributed by atoms with Gasteiger partial charge in [-0.3, -0.25) is 4.98 Å². The van der Waals surface area contributed by atoms with Crippen molar-refractivity contribution >= 4 is 22.7 Å². The Balaban J connectivity index is 1.51. The van der Waals surface area contributed by atoms with Gasteiger partial charge in [-0.05, 0) is 107 Å². The van der Waals surface area contributed by atoms with Gasteiger partial charge in [-0.15, -0.1) is 0 Å². The molecule has 1 saturated heterocycles. The first kappa shape index (κ1) is 27.0. The second-order valence-corrected chi connectivity index (χ2v) is 11.0. The molecule has 0 radical (unpaired) electrons. The van der Waals surface area contributed by atoms with Gasteiger partial charge < -0.3 is 29.9 Å². The predicted molar refractivity (Wildman–Crippen MR) is 158 cm³/mol. The van der Waals surface area contributed by atoms with Crippen LogP contribution in [0.1, 0.15) is 40.9 Å². The number of hydrogen-bond donors (Lipinski definition) is 3. The summed E-state index contributed by atoms with van der Waals surface area (Å²) in [5, 5.41) is 24.1. The SMILES string of the molecule is Cc1cc(C)cc(N(CCO)Cc2ccc3nc(NC4CCN(C)CC4)n(Cc4nc(C)ccc4O)c3c2)c1. The highest BCUT2D eigenvalue weighted by atomic mass is 16.3. The summed E-state index contributed by atoms with van der Waals surface area (Å²) in [6.45, 7) is 9.96. The Morgan fingerprint density at radius 3 is 2.44 bits per heavy atom. The topological polar surface area (TPSA) is 89.7 Å². The Morgan fingerprint density at radius 1 is 0.974 bits per heavy atom. The molecule has 0 aliphatic carbocycles. The molecule has 8 heteroatoms. The van der Waals surface area contributed by atoms with E-state index in [4.69, 9.17) is 4.98 Å². The van der Waals surface area contributed by atoms with Crippen molar-refractivity contribution in [2.45, 2.75) is 52.7 Å². The van der Waals surface area contributed by atoms with Crippen LogP contribution < -0.4 is 10.2 Å². The molecular weight excluding hydrogens is 488 g/mol. The number of aliphatic hydroxyl groups is 1. The van der Waals surface area contributed by atoms with E-state index in [0.29, 0.717) is 31.4 Å².